The van der Waals surface area contributed by atoms with Crippen molar-refractivity contribution in [2.24, 2.45) is 0 Å². The van der Waals surface area contributed by atoms with Crippen LogP contribution in [0.5, 0.6) is 0 Å². The fourth-order valence-electron chi connectivity index (χ4n) is 1.58. The van der Waals surface area contributed by atoms with Gasteiger partial charge < -0.3 is 5.32 Å². The minimum atomic E-state index is -1.66. The molecular formula is C14H9ClF3NO. The van der Waals surface area contributed by atoms with Crippen molar-refractivity contribution < 1.29 is 18.0 Å². The van der Waals surface area contributed by atoms with Crippen molar-refractivity contribution in [1.29, 1.82) is 0 Å². The van der Waals surface area contributed by atoms with Gasteiger partial charge in [0.1, 0.15) is 0 Å². The Kier molecular flexibility index (Phi) is 4.29. The molecule has 1 N–H and O–H groups in total. The van der Waals surface area contributed by atoms with Crippen LogP contribution in [-0.4, -0.2) is 5.91 Å². The van der Waals surface area contributed by atoms with Gasteiger partial charge in [-0.25, -0.2) is 13.2 Å². The lowest BCUT2D eigenvalue weighted by Gasteiger charge is -2.07. The van der Waals surface area contributed by atoms with Gasteiger partial charge in [-0.3, -0.25) is 4.79 Å². The molecule has 2 nitrogen and oxygen atoms in total. The maximum atomic E-state index is 13.4. The molecule has 0 aromatic heterocycles. The average molecular weight is 300 g/mol. The Balaban J connectivity index is 2.09. The molecular weight excluding hydrogens is 291 g/mol. The van der Waals surface area contributed by atoms with Crippen LogP contribution >= 0.6 is 11.6 Å². The van der Waals surface area contributed by atoms with Crippen LogP contribution in [0.15, 0.2) is 36.4 Å². The smallest absolute Gasteiger partial charge is 0.254 e. The molecule has 0 aliphatic carbocycles. The van der Waals surface area contributed by atoms with E-state index in [0.29, 0.717) is 11.1 Å². The Bertz CT molecular complexity index is 644. The summed E-state index contributed by atoms with van der Waals surface area (Å²) in [6.07, 6.45) is 0. The third-order valence-corrected chi connectivity index (χ3v) is 2.90. The molecule has 20 heavy (non-hydrogen) atoms. The molecule has 0 aliphatic heterocycles. The van der Waals surface area contributed by atoms with E-state index in [1.165, 1.54) is 0 Å². The molecule has 0 fully saturated rings. The summed E-state index contributed by atoms with van der Waals surface area (Å²) in [6, 6.07) is 8.25. The van der Waals surface area contributed by atoms with Gasteiger partial charge in [0.2, 0.25) is 0 Å². The third kappa shape index (κ3) is 3.11. The zero-order valence-corrected chi connectivity index (χ0v) is 10.8. The first-order valence-corrected chi connectivity index (χ1v) is 6.03. The van der Waals surface area contributed by atoms with Gasteiger partial charge in [0, 0.05) is 11.6 Å². The van der Waals surface area contributed by atoms with Crippen molar-refractivity contribution in [3.8, 4) is 0 Å². The summed E-state index contributed by atoms with van der Waals surface area (Å²) < 4.78 is 39.2. The molecule has 0 heterocycles. The van der Waals surface area contributed by atoms with Gasteiger partial charge in [-0.05, 0) is 29.8 Å². The molecule has 6 heteroatoms. The van der Waals surface area contributed by atoms with Gasteiger partial charge in [-0.15, -0.1) is 0 Å². The highest BCUT2D eigenvalue weighted by Crippen LogP contribution is 2.15. The fourth-order valence-corrected chi connectivity index (χ4v) is 1.71. The number of benzene rings is 2. The molecule has 0 saturated carbocycles. The van der Waals surface area contributed by atoms with Crippen LogP contribution in [0, 0.1) is 17.5 Å². The molecule has 0 radical (unpaired) electrons. The molecule has 2 rings (SSSR count). The molecule has 1 amide bonds. The molecule has 0 spiro atoms. The molecule has 104 valence electrons. The zero-order chi connectivity index (χ0) is 14.7. The summed E-state index contributed by atoms with van der Waals surface area (Å²) >= 11 is 5.71. The topological polar surface area (TPSA) is 29.1 Å². The van der Waals surface area contributed by atoms with Crippen molar-refractivity contribution in [3.63, 3.8) is 0 Å². The van der Waals surface area contributed by atoms with Crippen LogP contribution < -0.4 is 5.32 Å². The van der Waals surface area contributed by atoms with Gasteiger partial charge in [0.25, 0.3) is 5.91 Å². The standard InChI is InChI=1S/C14H9ClF3NO/c15-9-3-1-8(2-4-9)7-19-14(20)10-5-6-11(16)13(18)12(10)17/h1-6H,7H2,(H,19,20). The quantitative estimate of drug-likeness (QED) is 0.861. The largest absolute Gasteiger partial charge is 0.348 e. The van der Waals surface area contributed by atoms with E-state index in [2.05, 4.69) is 5.32 Å². The van der Waals surface area contributed by atoms with Gasteiger partial charge >= 0.3 is 0 Å². The van der Waals surface area contributed by atoms with Gasteiger partial charge in [-0.1, -0.05) is 23.7 Å². The Hall–Kier alpha value is -2.01. The second-order valence-corrected chi connectivity index (χ2v) is 4.47. The first-order valence-electron chi connectivity index (χ1n) is 5.65. The van der Waals surface area contributed by atoms with Gasteiger partial charge in [-0.2, -0.15) is 0 Å². The van der Waals surface area contributed by atoms with Crippen molar-refractivity contribution in [2.75, 3.05) is 0 Å². The van der Waals surface area contributed by atoms with E-state index in [1.54, 1.807) is 24.3 Å². The lowest BCUT2D eigenvalue weighted by atomic mass is 10.1. The van der Waals surface area contributed by atoms with Crippen molar-refractivity contribution >= 4 is 17.5 Å². The fraction of sp³-hybridized carbons (Fsp3) is 0.0714. The summed E-state index contributed by atoms with van der Waals surface area (Å²) in [7, 11) is 0. The zero-order valence-electron chi connectivity index (χ0n) is 10.1. The molecule has 0 atom stereocenters. The first kappa shape index (κ1) is 14.4. The number of rotatable bonds is 3. The van der Waals surface area contributed by atoms with Gasteiger partial charge in [0.05, 0.1) is 5.56 Å². The van der Waals surface area contributed by atoms with Gasteiger partial charge in [0.15, 0.2) is 17.5 Å². The highest BCUT2D eigenvalue weighted by atomic mass is 35.5. The van der Waals surface area contributed by atoms with Crippen LogP contribution in [0.4, 0.5) is 13.2 Å². The molecule has 0 saturated heterocycles. The lowest BCUT2D eigenvalue weighted by Crippen LogP contribution is -2.24. The highest BCUT2D eigenvalue weighted by Gasteiger charge is 2.18. The Morgan fingerprint density at radius 3 is 2.30 bits per heavy atom. The van der Waals surface area contributed by atoms with Crippen molar-refractivity contribution in [1.82, 2.24) is 5.32 Å². The second-order valence-electron chi connectivity index (χ2n) is 4.03. The number of carbonyl (C=O) groups excluding carboxylic acids is 1. The maximum absolute atomic E-state index is 13.4. The summed E-state index contributed by atoms with van der Waals surface area (Å²) in [5.74, 6) is -5.32. The number of hydrogen-bond acceptors (Lipinski definition) is 1. The minimum absolute atomic E-state index is 0.119. The van der Waals surface area contributed by atoms with Crippen LogP contribution in [0.2, 0.25) is 5.02 Å². The lowest BCUT2D eigenvalue weighted by molar-refractivity contribution is 0.0945. The van der Waals surface area contributed by atoms with Crippen LogP contribution in [0.25, 0.3) is 0 Å². The maximum Gasteiger partial charge on any atom is 0.254 e. The molecule has 2 aromatic rings. The summed E-state index contributed by atoms with van der Waals surface area (Å²) in [5, 5.41) is 2.96. The molecule has 0 aliphatic rings. The van der Waals surface area contributed by atoms with Crippen molar-refractivity contribution in [2.45, 2.75) is 6.54 Å². The highest BCUT2D eigenvalue weighted by molar-refractivity contribution is 6.30. The van der Waals surface area contributed by atoms with E-state index in [1.807, 2.05) is 0 Å². The van der Waals surface area contributed by atoms with Crippen LogP contribution in [0.1, 0.15) is 15.9 Å². The average Bonchev–Trinajstić information content (AvgIpc) is 2.44. The van der Waals surface area contributed by atoms with Crippen LogP contribution in [0.3, 0.4) is 0 Å². The summed E-state index contributed by atoms with van der Waals surface area (Å²) in [4.78, 5) is 11.7. The third-order valence-electron chi connectivity index (χ3n) is 2.65. The number of nitrogens with one attached hydrogen (secondary N) is 1. The predicted octanol–water partition coefficient (Wildman–Crippen LogP) is 3.69. The molecule has 2 aromatic carbocycles. The number of amides is 1. The first-order chi connectivity index (χ1) is 9.49. The molecule has 0 unspecified atom stereocenters. The number of carbonyl (C=O) groups is 1. The SMILES string of the molecule is O=C(NCc1ccc(Cl)cc1)c1ccc(F)c(F)c1F. The summed E-state index contributed by atoms with van der Waals surface area (Å²) in [5.41, 5.74) is 0.198. The van der Waals surface area contributed by atoms with E-state index >= 15 is 0 Å². The Labute approximate surface area is 118 Å². The number of halogens is 4. The van der Waals surface area contributed by atoms with E-state index in [0.717, 1.165) is 11.6 Å². The number of hydrogen-bond donors (Lipinski definition) is 1. The summed E-state index contributed by atoms with van der Waals surface area (Å²) in [6.45, 7) is 0.119. The molecule has 0 bridgehead atoms. The normalized spacial score (nSPS) is 10.4. The monoisotopic (exact) mass is 299 g/mol. The predicted molar refractivity (Wildman–Crippen MR) is 68.9 cm³/mol. The van der Waals surface area contributed by atoms with Crippen molar-refractivity contribution in [3.05, 3.63) is 70.0 Å². The van der Waals surface area contributed by atoms with Crippen LogP contribution in [-0.2, 0) is 6.54 Å². The Morgan fingerprint density at radius 1 is 1.00 bits per heavy atom. The van der Waals surface area contributed by atoms with E-state index in [9.17, 15) is 18.0 Å². The van der Waals surface area contributed by atoms with E-state index in [4.69, 9.17) is 11.6 Å². The van der Waals surface area contributed by atoms with E-state index < -0.39 is 28.9 Å². The minimum Gasteiger partial charge on any atom is -0.348 e. The second kappa shape index (κ2) is 5.96. The van der Waals surface area contributed by atoms with E-state index in [-0.39, 0.29) is 6.54 Å². The Morgan fingerprint density at radius 2 is 1.65 bits per heavy atom.